The second kappa shape index (κ2) is 4.87. The molecule has 0 amide bonds. The third-order valence-electron chi connectivity index (χ3n) is 3.47. The van der Waals surface area contributed by atoms with Gasteiger partial charge in [-0.15, -0.1) is 0 Å². The first-order valence-corrected chi connectivity index (χ1v) is 6.45. The van der Waals surface area contributed by atoms with Crippen LogP contribution in [0.3, 0.4) is 0 Å². The maximum atomic E-state index is 12.7. The first-order valence-electron chi connectivity index (χ1n) is 6.45. The van der Waals surface area contributed by atoms with Gasteiger partial charge in [0.2, 0.25) is 0 Å². The van der Waals surface area contributed by atoms with Crippen molar-refractivity contribution < 1.29 is 13.2 Å². The summed E-state index contributed by atoms with van der Waals surface area (Å²) in [5, 5.41) is 0. The van der Waals surface area contributed by atoms with E-state index in [1.54, 1.807) is 0 Å². The van der Waals surface area contributed by atoms with E-state index in [1.807, 2.05) is 25.3 Å². The van der Waals surface area contributed by atoms with E-state index in [0.717, 1.165) is 29.9 Å². The first kappa shape index (κ1) is 13.9. The second-order valence-corrected chi connectivity index (χ2v) is 4.72. The number of halogens is 3. The molecule has 1 heterocycles. The number of hydrogen-bond acceptors (Lipinski definition) is 1. The Balaban J connectivity index is 2.62. The van der Waals surface area contributed by atoms with Gasteiger partial charge in [-0.1, -0.05) is 13.8 Å². The molecule has 0 aliphatic rings. The van der Waals surface area contributed by atoms with Crippen molar-refractivity contribution in [1.82, 2.24) is 9.55 Å². The average molecular weight is 270 g/mol. The predicted molar refractivity (Wildman–Crippen MR) is 69.1 cm³/mol. The lowest BCUT2D eigenvalue weighted by Crippen LogP contribution is -2.05. The van der Waals surface area contributed by atoms with Crippen LogP contribution in [-0.2, 0) is 12.7 Å². The van der Waals surface area contributed by atoms with Crippen LogP contribution in [0.4, 0.5) is 13.2 Å². The molecular weight excluding hydrogens is 253 g/mol. The lowest BCUT2D eigenvalue weighted by Gasteiger charge is -2.11. The standard InChI is InChI=1S/C14H17F3N2/c1-4-9(3)13-18-11-8-10(14(15,16)17)6-7-12(11)19(13)5-2/h6-9H,4-5H2,1-3H3. The van der Waals surface area contributed by atoms with Crippen LogP contribution >= 0.6 is 0 Å². The molecule has 2 aromatic rings. The highest BCUT2D eigenvalue weighted by atomic mass is 19.4. The van der Waals surface area contributed by atoms with Crippen molar-refractivity contribution in [2.75, 3.05) is 0 Å². The number of hydrogen-bond donors (Lipinski definition) is 0. The van der Waals surface area contributed by atoms with Crippen LogP contribution in [0.25, 0.3) is 11.0 Å². The number of benzene rings is 1. The van der Waals surface area contributed by atoms with E-state index in [-0.39, 0.29) is 5.92 Å². The normalized spacial score (nSPS) is 14.0. The Labute approximate surface area is 110 Å². The molecule has 2 rings (SSSR count). The number of alkyl halides is 3. The Hall–Kier alpha value is -1.52. The van der Waals surface area contributed by atoms with Crippen molar-refractivity contribution >= 4 is 11.0 Å². The van der Waals surface area contributed by atoms with Gasteiger partial charge in [-0.05, 0) is 31.5 Å². The van der Waals surface area contributed by atoms with Gasteiger partial charge in [0, 0.05) is 12.5 Å². The molecule has 5 heteroatoms. The minimum Gasteiger partial charge on any atom is -0.328 e. The minimum absolute atomic E-state index is 0.238. The van der Waals surface area contributed by atoms with E-state index >= 15 is 0 Å². The van der Waals surface area contributed by atoms with Crippen molar-refractivity contribution in [1.29, 1.82) is 0 Å². The molecule has 104 valence electrons. The largest absolute Gasteiger partial charge is 0.416 e. The van der Waals surface area contributed by atoms with Gasteiger partial charge in [-0.2, -0.15) is 13.2 Å². The summed E-state index contributed by atoms with van der Waals surface area (Å²) in [5.74, 6) is 1.10. The Morgan fingerprint density at radius 1 is 1.26 bits per heavy atom. The van der Waals surface area contributed by atoms with Crippen LogP contribution < -0.4 is 0 Å². The lowest BCUT2D eigenvalue weighted by atomic mass is 10.1. The van der Waals surface area contributed by atoms with Gasteiger partial charge in [-0.3, -0.25) is 0 Å². The molecule has 0 aliphatic heterocycles. The minimum atomic E-state index is -4.32. The average Bonchev–Trinajstić information content (AvgIpc) is 2.74. The first-order chi connectivity index (χ1) is 8.88. The maximum absolute atomic E-state index is 12.7. The van der Waals surface area contributed by atoms with E-state index in [2.05, 4.69) is 4.98 Å². The number of aromatic nitrogens is 2. The SMILES string of the molecule is CCC(C)c1nc2cc(C(F)(F)F)ccc2n1CC. The molecule has 0 radical (unpaired) electrons. The molecule has 0 saturated heterocycles. The van der Waals surface area contributed by atoms with Gasteiger partial charge in [0.05, 0.1) is 16.6 Å². The van der Waals surface area contributed by atoms with Crippen molar-refractivity contribution in [3.8, 4) is 0 Å². The predicted octanol–water partition coefficient (Wildman–Crippen LogP) is 4.59. The number of fused-ring (bicyclic) bond motifs is 1. The van der Waals surface area contributed by atoms with Crippen LogP contribution in [0.5, 0.6) is 0 Å². The van der Waals surface area contributed by atoms with Gasteiger partial charge in [0.1, 0.15) is 5.82 Å². The molecule has 0 saturated carbocycles. The summed E-state index contributed by atoms with van der Waals surface area (Å²) in [6.45, 7) is 6.77. The van der Waals surface area contributed by atoms with E-state index in [9.17, 15) is 13.2 Å². The molecule has 0 bridgehead atoms. The molecule has 1 unspecified atom stereocenters. The summed E-state index contributed by atoms with van der Waals surface area (Å²) < 4.78 is 40.1. The molecule has 0 fully saturated rings. The summed E-state index contributed by atoms with van der Waals surface area (Å²) in [5.41, 5.74) is 0.550. The molecule has 0 N–H and O–H groups in total. The number of rotatable bonds is 3. The molecule has 19 heavy (non-hydrogen) atoms. The van der Waals surface area contributed by atoms with E-state index in [1.165, 1.54) is 6.07 Å². The smallest absolute Gasteiger partial charge is 0.328 e. The number of aryl methyl sites for hydroxylation is 1. The second-order valence-electron chi connectivity index (χ2n) is 4.72. The van der Waals surface area contributed by atoms with Crippen LogP contribution in [0.2, 0.25) is 0 Å². The summed E-state index contributed by atoms with van der Waals surface area (Å²) >= 11 is 0. The Bertz CT molecular complexity index is 584. The Morgan fingerprint density at radius 3 is 2.47 bits per heavy atom. The summed E-state index contributed by atoms with van der Waals surface area (Å²) in [6, 6.07) is 3.77. The van der Waals surface area contributed by atoms with Crippen molar-refractivity contribution in [3.63, 3.8) is 0 Å². The molecular formula is C14H17F3N2. The number of nitrogens with zero attached hydrogens (tertiary/aromatic N) is 2. The van der Waals surface area contributed by atoms with E-state index < -0.39 is 11.7 Å². The highest BCUT2D eigenvalue weighted by molar-refractivity contribution is 5.77. The van der Waals surface area contributed by atoms with Crippen molar-refractivity contribution in [2.45, 2.75) is 45.8 Å². The zero-order chi connectivity index (χ0) is 14.2. The van der Waals surface area contributed by atoms with Gasteiger partial charge in [0.15, 0.2) is 0 Å². The highest BCUT2D eigenvalue weighted by Crippen LogP contribution is 2.32. The van der Waals surface area contributed by atoms with Gasteiger partial charge < -0.3 is 4.57 Å². The lowest BCUT2D eigenvalue weighted by molar-refractivity contribution is -0.137. The third kappa shape index (κ3) is 2.46. The molecule has 0 spiro atoms. The van der Waals surface area contributed by atoms with Crippen LogP contribution in [-0.4, -0.2) is 9.55 Å². The molecule has 1 aromatic heterocycles. The fraction of sp³-hybridized carbons (Fsp3) is 0.500. The molecule has 1 aromatic carbocycles. The van der Waals surface area contributed by atoms with Gasteiger partial charge >= 0.3 is 6.18 Å². The fourth-order valence-electron chi connectivity index (χ4n) is 2.22. The van der Waals surface area contributed by atoms with Gasteiger partial charge in [-0.25, -0.2) is 4.98 Å². The van der Waals surface area contributed by atoms with Gasteiger partial charge in [0.25, 0.3) is 0 Å². The van der Waals surface area contributed by atoms with Crippen LogP contribution in [0.1, 0.15) is 44.5 Å². The third-order valence-corrected chi connectivity index (χ3v) is 3.47. The molecule has 1 atom stereocenters. The Morgan fingerprint density at radius 2 is 1.95 bits per heavy atom. The molecule has 0 aliphatic carbocycles. The summed E-state index contributed by atoms with van der Waals surface area (Å²) in [7, 11) is 0. The van der Waals surface area contributed by atoms with Crippen LogP contribution in [0.15, 0.2) is 18.2 Å². The number of imidazole rings is 1. The zero-order valence-electron chi connectivity index (χ0n) is 11.3. The fourth-order valence-corrected chi connectivity index (χ4v) is 2.22. The van der Waals surface area contributed by atoms with Crippen LogP contribution in [0, 0.1) is 0 Å². The summed E-state index contributed by atoms with van der Waals surface area (Å²) in [6.07, 6.45) is -3.41. The van der Waals surface area contributed by atoms with E-state index in [0.29, 0.717) is 12.1 Å². The van der Waals surface area contributed by atoms with Crippen molar-refractivity contribution in [3.05, 3.63) is 29.6 Å². The van der Waals surface area contributed by atoms with Crippen molar-refractivity contribution in [2.24, 2.45) is 0 Å². The van der Waals surface area contributed by atoms with E-state index in [4.69, 9.17) is 0 Å². The summed E-state index contributed by atoms with van der Waals surface area (Å²) in [4.78, 5) is 4.39. The maximum Gasteiger partial charge on any atom is 0.416 e. The quantitative estimate of drug-likeness (QED) is 0.797. The molecule has 2 nitrogen and oxygen atoms in total. The highest BCUT2D eigenvalue weighted by Gasteiger charge is 2.31. The monoisotopic (exact) mass is 270 g/mol. The zero-order valence-corrected chi connectivity index (χ0v) is 11.3. The topological polar surface area (TPSA) is 17.8 Å². The Kier molecular flexibility index (Phi) is 3.56.